The highest BCUT2D eigenvalue weighted by atomic mass is 35.5. The molecule has 1 heterocycles. The van der Waals surface area contributed by atoms with E-state index in [1.165, 1.54) is 13.3 Å². The monoisotopic (exact) mass is 202 g/mol. The zero-order valence-corrected chi connectivity index (χ0v) is 8.34. The Balaban J connectivity index is 2.74. The van der Waals surface area contributed by atoms with Gasteiger partial charge in [-0.3, -0.25) is 0 Å². The molecule has 0 atom stereocenters. The second kappa shape index (κ2) is 4.87. The van der Waals surface area contributed by atoms with Crippen LogP contribution in [0.2, 0.25) is 5.02 Å². The van der Waals surface area contributed by atoms with Gasteiger partial charge in [0, 0.05) is 0 Å². The van der Waals surface area contributed by atoms with Gasteiger partial charge < -0.3 is 9.47 Å². The molecule has 1 aromatic heterocycles. The van der Waals surface area contributed by atoms with E-state index in [1.54, 1.807) is 0 Å². The van der Waals surface area contributed by atoms with E-state index in [0.29, 0.717) is 23.5 Å². The number of nitrogens with zero attached hydrogens (tertiary/aromatic N) is 2. The van der Waals surface area contributed by atoms with E-state index in [1.807, 2.05) is 6.92 Å². The van der Waals surface area contributed by atoms with E-state index in [2.05, 4.69) is 9.97 Å². The fraction of sp³-hybridized carbons (Fsp3) is 0.500. The van der Waals surface area contributed by atoms with Crippen LogP contribution in [0, 0.1) is 0 Å². The number of hydrogen-bond donors (Lipinski definition) is 0. The van der Waals surface area contributed by atoms with Crippen molar-refractivity contribution in [3.63, 3.8) is 0 Å². The summed E-state index contributed by atoms with van der Waals surface area (Å²) in [6, 6.07) is 0.295. The van der Waals surface area contributed by atoms with Crippen LogP contribution in [0.4, 0.5) is 0 Å². The van der Waals surface area contributed by atoms with Gasteiger partial charge in [0.1, 0.15) is 5.02 Å². The van der Waals surface area contributed by atoms with Crippen LogP contribution in [0.3, 0.4) is 0 Å². The SMILES string of the molecule is CCCOc1ncc(Cl)c(OC)n1. The Morgan fingerprint density at radius 3 is 2.92 bits per heavy atom. The first kappa shape index (κ1) is 10.1. The number of rotatable bonds is 4. The van der Waals surface area contributed by atoms with E-state index < -0.39 is 0 Å². The number of aromatic nitrogens is 2. The molecule has 72 valence electrons. The lowest BCUT2D eigenvalue weighted by Crippen LogP contribution is -2.01. The summed E-state index contributed by atoms with van der Waals surface area (Å²) < 4.78 is 10.1. The standard InChI is InChI=1S/C8H11ClN2O2/c1-3-4-13-8-10-5-6(9)7(11-8)12-2/h5H,3-4H2,1-2H3. The highest BCUT2D eigenvalue weighted by Gasteiger charge is 2.05. The number of methoxy groups -OCH3 is 1. The van der Waals surface area contributed by atoms with E-state index >= 15 is 0 Å². The zero-order chi connectivity index (χ0) is 9.68. The van der Waals surface area contributed by atoms with Crippen molar-refractivity contribution >= 4 is 11.6 Å². The summed E-state index contributed by atoms with van der Waals surface area (Å²) >= 11 is 5.72. The van der Waals surface area contributed by atoms with Gasteiger partial charge in [0.25, 0.3) is 0 Å². The van der Waals surface area contributed by atoms with Crippen LogP contribution in [-0.2, 0) is 0 Å². The third-order valence-corrected chi connectivity index (χ3v) is 1.58. The topological polar surface area (TPSA) is 44.2 Å². The summed E-state index contributed by atoms with van der Waals surface area (Å²) in [5.41, 5.74) is 0. The molecule has 0 aliphatic heterocycles. The average Bonchev–Trinajstić information content (AvgIpc) is 2.16. The molecular formula is C8H11ClN2O2. The third-order valence-electron chi connectivity index (χ3n) is 1.32. The highest BCUT2D eigenvalue weighted by Crippen LogP contribution is 2.21. The minimum absolute atomic E-state index is 0.295. The Morgan fingerprint density at radius 2 is 2.31 bits per heavy atom. The normalized spacial score (nSPS) is 9.77. The van der Waals surface area contributed by atoms with Gasteiger partial charge in [-0.1, -0.05) is 18.5 Å². The smallest absolute Gasteiger partial charge is 0.319 e. The van der Waals surface area contributed by atoms with Crippen LogP contribution in [0.1, 0.15) is 13.3 Å². The molecule has 1 rings (SSSR count). The minimum Gasteiger partial charge on any atom is -0.480 e. The molecule has 0 unspecified atom stereocenters. The minimum atomic E-state index is 0.295. The number of hydrogen-bond acceptors (Lipinski definition) is 4. The lowest BCUT2D eigenvalue weighted by atomic mass is 10.5. The molecule has 0 bridgehead atoms. The molecule has 0 fully saturated rings. The average molecular weight is 203 g/mol. The molecule has 0 N–H and O–H groups in total. The molecule has 1 aromatic rings. The molecule has 0 radical (unpaired) electrons. The van der Waals surface area contributed by atoms with Crippen molar-refractivity contribution in [2.24, 2.45) is 0 Å². The second-order valence-corrected chi connectivity index (χ2v) is 2.77. The van der Waals surface area contributed by atoms with Gasteiger partial charge in [-0.25, -0.2) is 4.98 Å². The molecule has 0 spiro atoms. The second-order valence-electron chi connectivity index (χ2n) is 2.36. The van der Waals surface area contributed by atoms with Crippen molar-refractivity contribution in [3.05, 3.63) is 11.2 Å². The zero-order valence-electron chi connectivity index (χ0n) is 7.58. The molecule has 0 aliphatic rings. The van der Waals surface area contributed by atoms with Gasteiger partial charge in [-0.15, -0.1) is 0 Å². The van der Waals surface area contributed by atoms with E-state index in [-0.39, 0.29) is 0 Å². The lowest BCUT2D eigenvalue weighted by molar-refractivity contribution is 0.284. The molecule has 0 aliphatic carbocycles. The van der Waals surface area contributed by atoms with Crippen LogP contribution < -0.4 is 9.47 Å². The molecule has 5 heteroatoms. The number of halogens is 1. The number of ether oxygens (including phenoxy) is 2. The van der Waals surface area contributed by atoms with Gasteiger partial charge in [0.2, 0.25) is 5.88 Å². The Labute approximate surface area is 81.9 Å². The maximum Gasteiger partial charge on any atom is 0.319 e. The van der Waals surface area contributed by atoms with E-state index in [4.69, 9.17) is 21.1 Å². The van der Waals surface area contributed by atoms with Crippen molar-refractivity contribution in [1.82, 2.24) is 9.97 Å². The largest absolute Gasteiger partial charge is 0.480 e. The predicted molar refractivity (Wildman–Crippen MR) is 49.4 cm³/mol. The summed E-state index contributed by atoms with van der Waals surface area (Å²) in [4.78, 5) is 7.82. The maximum absolute atomic E-state index is 5.72. The molecule has 0 saturated carbocycles. The molecule has 0 amide bonds. The first-order chi connectivity index (χ1) is 6.27. The summed E-state index contributed by atoms with van der Waals surface area (Å²) in [5, 5.41) is 0.381. The van der Waals surface area contributed by atoms with Gasteiger partial charge in [0.05, 0.1) is 19.9 Å². The van der Waals surface area contributed by atoms with Crippen molar-refractivity contribution in [1.29, 1.82) is 0 Å². The molecular weight excluding hydrogens is 192 g/mol. The van der Waals surface area contributed by atoms with Crippen molar-refractivity contribution in [2.75, 3.05) is 13.7 Å². The van der Waals surface area contributed by atoms with E-state index in [9.17, 15) is 0 Å². The Kier molecular flexibility index (Phi) is 3.76. The summed E-state index contributed by atoms with van der Waals surface area (Å²) in [7, 11) is 1.50. The van der Waals surface area contributed by atoms with Crippen LogP contribution in [0.5, 0.6) is 11.9 Å². The van der Waals surface area contributed by atoms with Gasteiger partial charge >= 0.3 is 6.01 Å². The molecule has 13 heavy (non-hydrogen) atoms. The predicted octanol–water partition coefficient (Wildman–Crippen LogP) is 1.93. The van der Waals surface area contributed by atoms with Gasteiger partial charge in [-0.05, 0) is 6.42 Å². The Hall–Kier alpha value is -1.03. The van der Waals surface area contributed by atoms with Crippen LogP contribution in [0.15, 0.2) is 6.20 Å². The first-order valence-electron chi connectivity index (χ1n) is 3.97. The van der Waals surface area contributed by atoms with Crippen molar-refractivity contribution < 1.29 is 9.47 Å². The summed E-state index contributed by atoms with van der Waals surface area (Å²) in [6.07, 6.45) is 2.37. The van der Waals surface area contributed by atoms with Crippen LogP contribution in [-0.4, -0.2) is 23.7 Å². The highest BCUT2D eigenvalue weighted by molar-refractivity contribution is 6.31. The lowest BCUT2D eigenvalue weighted by Gasteiger charge is -2.04. The summed E-state index contributed by atoms with van der Waals surface area (Å²) in [5.74, 6) is 0.336. The van der Waals surface area contributed by atoms with Gasteiger partial charge in [-0.2, -0.15) is 4.98 Å². The first-order valence-corrected chi connectivity index (χ1v) is 4.35. The van der Waals surface area contributed by atoms with Crippen LogP contribution >= 0.6 is 11.6 Å². The van der Waals surface area contributed by atoms with Crippen molar-refractivity contribution in [3.8, 4) is 11.9 Å². The van der Waals surface area contributed by atoms with E-state index in [0.717, 1.165) is 6.42 Å². The molecule has 0 aromatic carbocycles. The molecule has 0 saturated heterocycles. The molecule has 4 nitrogen and oxygen atoms in total. The van der Waals surface area contributed by atoms with Crippen molar-refractivity contribution in [2.45, 2.75) is 13.3 Å². The Bertz CT molecular complexity index is 281. The quantitative estimate of drug-likeness (QED) is 0.749. The maximum atomic E-state index is 5.72. The summed E-state index contributed by atoms with van der Waals surface area (Å²) in [6.45, 7) is 2.60. The fourth-order valence-electron chi connectivity index (χ4n) is 0.742. The Morgan fingerprint density at radius 1 is 1.54 bits per heavy atom. The van der Waals surface area contributed by atoms with Gasteiger partial charge in [0.15, 0.2) is 0 Å². The fourth-order valence-corrected chi connectivity index (χ4v) is 0.910. The third kappa shape index (κ3) is 2.73. The van der Waals surface area contributed by atoms with Crippen LogP contribution in [0.25, 0.3) is 0 Å².